The second kappa shape index (κ2) is 4.68. The zero-order valence-corrected chi connectivity index (χ0v) is 8.01. The molecule has 1 rings (SSSR count). The smallest absolute Gasteiger partial charge is 0.277 e. The van der Waals surface area contributed by atoms with Crippen LogP contribution in [0.1, 0.15) is 10.4 Å². The molecule has 0 radical (unpaired) electrons. The first-order valence-electron chi connectivity index (χ1n) is 3.99. The fourth-order valence-corrected chi connectivity index (χ4v) is 1.03. The largest absolute Gasteiger partial charge is 0.287 e. The van der Waals surface area contributed by atoms with Gasteiger partial charge in [0, 0.05) is 22.6 Å². The number of carbonyl (C=O) groups excluding carboxylic acids is 1. The van der Waals surface area contributed by atoms with Crippen molar-refractivity contribution in [2.45, 2.75) is 0 Å². The van der Waals surface area contributed by atoms with E-state index in [0.717, 1.165) is 12.1 Å². The number of benzene rings is 1. The lowest BCUT2D eigenvalue weighted by Crippen LogP contribution is -1.99. The number of carbonyl (C=O) groups is 1. The highest BCUT2D eigenvalue weighted by molar-refractivity contribution is 5.96. The number of nitrogens with zero attached hydrogens (tertiary/aromatic N) is 5. The third-order valence-electron chi connectivity index (χ3n) is 1.71. The van der Waals surface area contributed by atoms with Crippen molar-refractivity contribution in [1.82, 2.24) is 0 Å². The third-order valence-corrected chi connectivity index (χ3v) is 1.71. The zero-order valence-electron chi connectivity index (χ0n) is 8.01. The summed E-state index contributed by atoms with van der Waals surface area (Å²) in [5.41, 5.74) is 6.35. The molecule has 1 aromatic carbocycles. The van der Waals surface area contributed by atoms with Crippen molar-refractivity contribution in [3.63, 3.8) is 0 Å². The molecule has 0 fully saturated rings. The van der Waals surface area contributed by atoms with Gasteiger partial charge in [-0.15, -0.1) is 0 Å². The Balaban J connectivity index is 3.40. The van der Waals surface area contributed by atoms with Gasteiger partial charge in [-0.1, -0.05) is 0 Å². The molecule has 0 spiro atoms. The van der Waals surface area contributed by atoms with E-state index in [4.69, 9.17) is 5.53 Å². The quantitative estimate of drug-likeness (QED) is 0.258. The molecule has 1 aromatic rings. The normalized spacial score (nSPS) is 9.18. The highest BCUT2D eigenvalue weighted by Crippen LogP contribution is 2.23. The number of hydrogen-bond acceptors (Lipinski definition) is 5. The fourth-order valence-electron chi connectivity index (χ4n) is 1.03. The topological polar surface area (TPSA) is 152 Å². The molecule has 0 saturated heterocycles. The van der Waals surface area contributed by atoms with Crippen molar-refractivity contribution >= 4 is 17.3 Å². The van der Waals surface area contributed by atoms with E-state index >= 15 is 0 Å². The summed E-state index contributed by atoms with van der Waals surface area (Å²) in [6.07, 6.45) is 0. The van der Waals surface area contributed by atoms with Gasteiger partial charge in [0.25, 0.3) is 11.4 Å². The first-order valence-corrected chi connectivity index (χ1v) is 3.99. The van der Waals surface area contributed by atoms with Crippen LogP contribution in [0, 0.1) is 20.2 Å². The number of nitro groups is 2. The molecule has 0 unspecified atom stereocenters. The van der Waals surface area contributed by atoms with Gasteiger partial charge in [-0.3, -0.25) is 25.0 Å². The first-order chi connectivity index (χ1) is 7.95. The van der Waals surface area contributed by atoms with E-state index in [-0.39, 0.29) is 0 Å². The first kappa shape index (κ1) is 12.1. The molecule has 0 N–H and O–H groups in total. The van der Waals surface area contributed by atoms with E-state index in [1.807, 2.05) is 0 Å². The van der Waals surface area contributed by atoms with Crippen LogP contribution in [0.25, 0.3) is 10.4 Å². The molecule has 0 bridgehead atoms. The number of azide groups is 1. The van der Waals surface area contributed by atoms with Crippen LogP contribution in [0.15, 0.2) is 23.3 Å². The van der Waals surface area contributed by atoms with Crippen LogP contribution in [0.3, 0.4) is 0 Å². The van der Waals surface area contributed by atoms with Crippen LogP contribution in [-0.2, 0) is 0 Å². The Hall–Kier alpha value is -3.00. The van der Waals surface area contributed by atoms with Gasteiger partial charge >= 0.3 is 0 Å². The molecule has 1 amide bonds. The van der Waals surface area contributed by atoms with Gasteiger partial charge in [0.05, 0.1) is 15.9 Å². The van der Waals surface area contributed by atoms with Crippen LogP contribution in [-0.4, -0.2) is 15.8 Å². The van der Waals surface area contributed by atoms with Gasteiger partial charge in [0.2, 0.25) is 5.91 Å². The van der Waals surface area contributed by atoms with Gasteiger partial charge in [-0.25, -0.2) is 0 Å². The molecular formula is C7H3N5O5. The highest BCUT2D eigenvalue weighted by Gasteiger charge is 2.18. The fraction of sp³-hybridized carbons (Fsp3) is 0. The Morgan fingerprint density at radius 1 is 1.18 bits per heavy atom. The molecule has 0 aliphatic rings. The monoisotopic (exact) mass is 237 g/mol. The minimum absolute atomic E-state index is 0.413. The van der Waals surface area contributed by atoms with E-state index < -0.39 is 32.7 Å². The number of hydrogen-bond donors (Lipinski definition) is 0. The molecule has 0 saturated carbocycles. The van der Waals surface area contributed by atoms with Crippen LogP contribution in [0.4, 0.5) is 11.4 Å². The van der Waals surface area contributed by atoms with Crippen molar-refractivity contribution in [3.8, 4) is 0 Å². The summed E-state index contributed by atoms with van der Waals surface area (Å²) in [5, 5.41) is 23.6. The molecule has 10 heteroatoms. The summed E-state index contributed by atoms with van der Waals surface area (Å²) in [6.45, 7) is 0. The summed E-state index contributed by atoms with van der Waals surface area (Å²) in [4.78, 5) is 32.5. The van der Waals surface area contributed by atoms with Crippen LogP contribution >= 0.6 is 0 Å². The average molecular weight is 237 g/mol. The van der Waals surface area contributed by atoms with Gasteiger partial charge in [0.1, 0.15) is 0 Å². The minimum Gasteiger partial charge on any atom is -0.287 e. The van der Waals surface area contributed by atoms with Crippen molar-refractivity contribution in [2.24, 2.45) is 5.11 Å². The van der Waals surface area contributed by atoms with E-state index in [1.165, 1.54) is 0 Å². The summed E-state index contributed by atoms with van der Waals surface area (Å²) < 4.78 is 0. The van der Waals surface area contributed by atoms with Crippen LogP contribution < -0.4 is 0 Å². The standard InChI is InChI=1S/C7H3N5O5/c8-10-9-7(13)4-1-5(11(14)15)3-6(2-4)12(16)17/h1-3H. The average Bonchev–Trinajstić information content (AvgIpc) is 2.28. The number of nitro benzene ring substituents is 2. The van der Waals surface area contributed by atoms with Gasteiger partial charge < -0.3 is 0 Å². The zero-order chi connectivity index (χ0) is 13.0. The molecular weight excluding hydrogens is 234 g/mol. The number of amides is 1. The SMILES string of the molecule is [N-]=[N+]=NC(=O)c1cc([N+](=O)[O-])cc([N+](=O)[O-])c1. The lowest BCUT2D eigenvalue weighted by molar-refractivity contribution is -0.394. The number of non-ortho nitro benzene ring substituents is 2. The van der Waals surface area contributed by atoms with E-state index in [2.05, 4.69) is 10.0 Å². The second-order valence-corrected chi connectivity index (χ2v) is 2.75. The Bertz CT molecular complexity index is 530. The Kier molecular flexibility index (Phi) is 3.32. The maximum atomic E-state index is 11.1. The molecule has 10 nitrogen and oxygen atoms in total. The molecule has 0 atom stereocenters. The summed E-state index contributed by atoms with van der Waals surface area (Å²) in [7, 11) is 0. The summed E-state index contributed by atoms with van der Waals surface area (Å²) in [5.74, 6) is -1.13. The minimum atomic E-state index is -1.13. The molecule has 0 heterocycles. The Labute approximate surface area is 92.4 Å². The lowest BCUT2D eigenvalue weighted by atomic mass is 10.1. The predicted molar refractivity (Wildman–Crippen MR) is 53.2 cm³/mol. The van der Waals surface area contributed by atoms with Crippen LogP contribution in [0.5, 0.6) is 0 Å². The van der Waals surface area contributed by atoms with Crippen molar-refractivity contribution in [2.75, 3.05) is 0 Å². The van der Waals surface area contributed by atoms with Crippen molar-refractivity contribution in [3.05, 3.63) is 54.4 Å². The van der Waals surface area contributed by atoms with E-state index in [9.17, 15) is 25.0 Å². The molecule has 0 aliphatic heterocycles. The highest BCUT2D eigenvalue weighted by atomic mass is 16.6. The van der Waals surface area contributed by atoms with E-state index in [1.54, 1.807) is 0 Å². The van der Waals surface area contributed by atoms with Crippen molar-refractivity contribution < 1.29 is 14.6 Å². The predicted octanol–water partition coefficient (Wildman–Crippen LogP) is 1.95. The molecule has 86 valence electrons. The van der Waals surface area contributed by atoms with Crippen molar-refractivity contribution in [1.29, 1.82) is 0 Å². The summed E-state index contributed by atoms with van der Waals surface area (Å²) in [6, 6.07) is 2.29. The molecule has 0 aliphatic carbocycles. The maximum Gasteiger partial charge on any atom is 0.277 e. The van der Waals surface area contributed by atoms with Gasteiger partial charge in [0.15, 0.2) is 0 Å². The number of rotatable bonds is 3. The van der Waals surface area contributed by atoms with E-state index in [0.29, 0.717) is 6.07 Å². The Morgan fingerprint density at radius 2 is 1.65 bits per heavy atom. The van der Waals surface area contributed by atoms with Gasteiger partial charge in [-0.2, -0.15) is 0 Å². The Morgan fingerprint density at radius 3 is 2.00 bits per heavy atom. The second-order valence-electron chi connectivity index (χ2n) is 2.75. The maximum absolute atomic E-state index is 11.1. The summed E-state index contributed by atoms with van der Waals surface area (Å²) >= 11 is 0. The van der Waals surface area contributed by atoms with Crippen LogP contribution in [0.2, 0.25) is 0 Å². The molecule has 0 aromatic heterocycles. The lowest BCUT2D eigenvalue weighted by Gasteiger charge is -1.96. The molecule has 17 heavy (non-hydrogen) atoms. The third kappa shape index (κ3) is 2.73. The van der Waals surface area contributed by atoms with Gasteiger partial charge in [-0.05, 0) is 10.6 Å².